The summed E-state index contributed by atoms with van der Waals surface area (Å²) in [6.07, 6.45) is 0.713. The first kappa shape index (κ1) is 13.1. The smallest absolute Gasteiger partial charge is 0.289 e. The Morgan fingerprint density at radius 2 is 2.05 bits per heavy atom. The van der Waals surface area contributed by atoms with Crippen molar-refractivity contribution in [1.29, 1.82) is 0 Å². The lowest BCUT2D eigenvalue weighted by Gasteiger charge is -2.08. The second-order valence-electron chi connectivity index (χ2n) is 4.48. The molecular formula is C14H16N2O3. The monoisotopic (exact) mass is 260 g/mol. The molecule has 0 radical (unpaired) electrons. The van der Waals surface area contributed by atoms with Crippen LogP contribution in [0.2, 0.25) is 0 Å². The van der Waals surface area contributed by atoms with Crippen molar-refractivity contribution in [1.82, 2.24) is 10.2 Å². The molecule has 1 aliphatic rings. The van der Waals surface area contributed by atoms with Crippen molar-refractivity contribution in [3.8, 4) is 0 Å². The zero-order valence-electron chi connectivity index (χ0n) is 10.7. The molecule has 1 heterocycles. The maximum atomic E-state index is 11.8. The van der Waals surface area contributed by atoms with Gasteiger partial charge in [-0.1, -0.05) is 30.3 Å². The zero-order valence-corrected chi connectivity index (χ0v) is 10.7. The number of amides is 2. The highest BCUT2D eigenvalue weighted by Crippen LogP contribution is 2.14. The number of hydrogen-bond donors (Lipinski definition) is 2. The SMILES string of the molecule is CN1CC(C(=O)NCCc2ccccc2)=C(O)C1=O. The van der Waals surface area contributed by atoms with Crippen molar-refractivity contribution in [3.63, 3.8) is 0 Å². The molecule has 2 amide bonds. The quantitative estimate of drug-likeness (QED) is 0.834. The van der Waals surface area contributed by atoms with E-state index in [4.69, 9.17) is 0 Å². The van der Waals surface area contributed by atoms with Gasteiger partial charge in [0.1, 0.15) is 0 Å². The second-order valence-corrected chi connectivity index (χ2v) is 4.48. The standard InChI is InChI=1S/C14H16N2O3/c1-16-9-11(12(17)14(16)19)13(18)15-8-7-10-5-3-2-4-6-10/h2-6,17H,7-9H2,1H3,(H,15,18). The average molecular weight is 260 g/mol. The maximum absolute atomic E-state index is 11.8. The molecule has 1 aliphatic heterocycles. The van der Waals surface area contributed by atoms with E-state index in [9.17, 15) is 14.7 Å². The Balaban J connectivity index is 1.87. The summed E-state index contributed by atoms with van der Waals surface area (Å²) in [5.74, 6) is -1.33. The number of aliphatic hydroxyl groups excluding tert-OH is 1. The first-order chi connectivity index (χ1) is 9.09. The molecule has 1 aromatic carbocycles. The van der Waals surface area contributed by atoms with Crippen LogP contribution in [0.4, 0.5) is 0 Å². The van der Waals surface area contributed by atoms with Crippen LogP contribution in [0.1, 0.15) is 5.56 Å². The molecule has 0 aliphatic carbocycles. The molecule has 1 aromatic rings. The van der Waals surface area contributed by atoms with Crippen LogP contribution in [-0.2, 0) is 16.0 Å². The summed E-state index contributed by atoms with van der Waals surface area (Å²) < 4.78 is 0. The molecule has 0 spiro atoms. The summed E-state index contributed by atoms with van der Waals surface area (Å²) in [7, 11) is 1.54. The number of likely N-dealkylation sites (N-methyl/N-ethyl adjacent to an activating group) is 1. The molecular weight excluding hydrogens is 244 g/mol. The number of carbonyl (C=O) groups excluding carboxylic acids is 2. The minimum absolute atomic E-state index is 0.139. The van der Waals surface area contributed by atoms with E-state index < -0.39 is 11.7 Å². The molecule has 0 unspecified atom stereocenters. The van der Waals surface area contributed by atoms with E-state index in [1.54, 1.807) is 7.05 Å². The maximum Gasteiger partial charge on any atom is 0.289 e. The second kappa shape index (κ2) is 5.56. The van der Waals surface area contributed by atoms with E-state index in [-0.39, 0.29) is 18.0 Å². The molecule has 0 saturated carbocycles. The Labute approximate surface area is 111 Å². The molecule has 2 rings (SSSR count). The summed E-state index contributed by atoms with van der Waals surface area (Å²) in [5.41, 5.74) is 1.26. The summed E-state index contributed by atoms with van der Waals surface area (Å²) >= 11 is 0. The van der Waals surface area contributed by atoms with Crippen molar-refractivity contribution in [2.75, 3.05) is 20.1 Å². The minimum atomic E-state index is -0.506. The van der Waals surface area contributed by atoms with Gasteiger partial charge >= 0.3 is 0 Å². The van der Waals surface area contributed by atoms with E-state index in [1.165, 1.54) is 4.90 Å². The number of aliphatic hydroxyl groups is 1. The summed E-state index contributed by atoms with van der Waals surface area (Å²) in [6, 6.07) is 9.78. The van der Waals surface area contributed by atoms with Crippen LogP contribution in [0.5, 0.6) is 0 Å². The number of rotatable bonds is 4. The van der Waals surface area contributed by atoms with Gasteiger partial charge in [-0.2, -0.15) is 0 Å². The molecule has 100 valence electrons. The molecule has 19 heavy (non-hydrogen) atoms. The van der Waals surface area contributed by atoms with Gasteiger partial charge in [0.15, 0.2) is 5.76 Å². The number of hydrogen-bond acceptors (Lipinski definition) is 3. The third-order valence-corrected chi connectivity index (χ3v) is 3.05. The van der Waals surface area contributed by atoms with Gasteiger partial charge in [0.05, 0.1) is 12.1 Å². The van der Waals surface area contributed by atoms with Crippen molar-refractivity contribution in [2.24, 2.45) is 0 Å². The first-order valence-electron chi connectivity index (χ1n) is 6.09. The van der Waals surface area contributed by atoms with Crippen LogP contribution in [-0.4, -0.2) is 42.0 Å². The fourth-order valence-electron chi connectivity index (χ4n) is 1.94. The number of benzene rings is 1. The number of nitrogens with zero attached hydrogens (tertiary/aromatic N) is 1. The van der Waals surface area contributed by atoms with Crippen LogP contribution in [0, 0.1) is 0 Å². The highest BCUT2D eigenvalue weighted by molar-refractivity contribution is 6.06. The van der Waals surface area contributed by atoms with Gasteiger partial charge in [0.25, 0.3) is 11.8 Å². The molecule has 0 saturated heterocycles. The lowest BCUT2D eigenvalue weighted by Crippen LogP contribution is -2.29. The summed E-state index contributed by atoms with van der Waals surface area (Å²) in [4.78, 5) is 24.5. The van der Waals surface area contributed by atoms with Crippen molar-refractivity contribution >= 4 is 11.8 Å². The van der Waals surface area contributed by atoms with E-state index >= 15 is 0 Å². The van der Waals surface area contributed by atoms with Crippen molar-refractivity contribution in [2.45, 2.75) is 6.42 Å². The van der Waals surface area contributed by atoms with Crippen molar-refractivity contribution in [3.05, 3.63) is 47.2 Å². The summed E-state index contributed by atoms with van der Waals surface area (Å²) in [6.45, 7) is 0.624. The Hall–Kier alpha value is -2.30. The van der Waals surface area contributed by atoms with Crippen LogP contribution >= 0.6 is 0 Å². The largest absolute Gasteiger partial charge is 0.503 e. The van der Waals surface area contributed by atoms with E-state index in [1.807, 2.05) is 30.3 Å². The Morgan fingerprint density at radius 1 is 1.37 bits per heavy atom. The van der Waals surface area contributed by atoms with Gasteiger partial charge in [0.2, 0.25) is 0 Å². The van der Waals surface area contributed by atoms with E-state index in [0.29, 0.717) is 13.0 Å². The number of carbonyl (C=O) groups is 2. The predicted molar refractivity (Wildman–Crippen MR) is 70.4 cm³/mol. The molecule has 0 fully saturated rings. The van der Waals surface area contributed by atoms with E-state index in [2.05, 4.69) is 5.32 Å². The highest BCUT2D eigenvalue weighted by atomic mass is 16.3. The first-order valence-corrected chi connectivity index (χ1v) is 6.09. The Morgan fingerprint density at radius 3 is 2.63 bits per heavy atom. The number of nitrogens with one attached hydrogen (secondary N) is 1. The van der Waals surface area contributed by atoms with Crippen LogP contribution in [0.15, 0.2) is 41.7 Å². The lowest BCUT2D eigenvalue weighted by molar-refractivity contribution is -0.126. The van der Waals surface area contributed by atoms with Crippen LogP contribution in [0.25, 0.3) is 0 Å². The highest BCUT2D eigenvalue weighted by Gasteiger charge is 2.31. The predicted octanol–water partition coefficient (Wildman–Crippen LogP) is 0.629. The van der Waals surface area contributed by atoms with Gasteiger partial charge < -0.3 is 15.3 Å². The van der Waals surface area contributed by atoms with Crippen LogP contribution < -0.4 is 5.32 Å². The van der Waals surface area contributed by atoms with E-state index in [0.717, 1.165) is 5.56 Å². The normalized spacial score (nSPS) is 15.0. The van der Waals surface area contributed by atoms with Gasteiger partial charge in [0, 0.05) is 13.6 Å². The average Bonchev–Trinajstić information content (AvgIpc) is 2.68. The molecule has 5 heteroatoms. The fraction of sp³-hybridized carbons (Fsp3) is 0.286. The van der Waals surface area contributed by atoms with Gasteiger partial charge in [-0.3, -0.25) is 9.59 Å². The minimum Gasteiger partial charge on any atom is -0.503 e. The topological polar surface area (TPSA) is 69.6 Å². The molecule has 2 N–H and O–H groups in total. The fourth-order valence-corrected chi connectivity index (χ4v) is 1.94. The van der Waals surface area contributed by atoms with Gasteiger partial charge in [-0.25, -0.2) is 0 Å². The Bertz CT molecular complexity index is 523. The third-order valence-electron chi connectivity index (χ3n) is 3.05. The summed E-state index contributed by atoms with van der Waals surface area (Å²) in [5, 5.41) is 12.3. The lowest BCUT2D eigenvalue weighted by atomic mass is 10.1. The van der Waals surface area contributed by atoms with Crippen LogP contribution in [0.3, 0.4) is 0 Å². The van der Waals surface area contributed by atoms with Crippen molar-refractivity contribution < 1.29 is 14.7 Å². The molecule has 0 atom stereocenters. The van der Waals surface area contributed by atoms with Gasteiger partial charge in [-0.05, 0) is 12.0 Å². The zero-order chi connectivity index (χ0) is 13.8. The molecule has 0 aromatic heterocycles. The molecule has 0 bridgehead atoms. The Kier molecular flexibility index (Phi) is 3.85. The molecule has 5 nitrogen and oxygen atoms in total. The third kappa shape index (κ3) is 2.93. The van der Waals surface area contributed by atoms with Gasteiger partial charge in [-0.15, -0.1) is 0 Å².